The van der Waals surface area contributed by atoms with Crippen LogP contribution in [0.3, 0.4) is 0 Å². The molecule has 4 heteroatoms. The molecule has 0 aliphatic heterocycles. The van der Waals surface area contributed by atoms with Crippen molar-refractivity contribution in [2.24, 2.45) is 10.8 Å². The molecule has 1 aromatic carbocycles. The van der Waals surface area contributed by atoms with E-state index in [9.17, 15) is 0 Å². The Morgan fingerprint density at radius 2 is 2.00 bits per heavy atom. The zero-order valence-corrected chi connectivity index (χ0v) is 10.7. The van der Waals surface area contributed by atoms with Gasteiger partial charge in [0.1, 0.15) is 11.6 Å². The normalized spacial score (nSPS) is 11.7. The molecule has 0 heterocycles. The number of aliphatic imine (C=N–C) groups is 1. The Balaban J connectivity index is 2.53. The third-order valence-electron chi connectivity index (χ3n) is 2.39. The van der Waals surface area contributed by atoms with Crippen molar-refractivity contribution in [2.75, 3.05) is 7.11 Å². The summed E-state index contributed by atoms with van der Waals surface area (Å²) in [5, 5.41) is 0. The Bertz CT molecular complexity index is 357. The molecule has 0 spiro atoms. The summed E-state index contributed by atoms with van der Waals surface area (Å²) in [6.07, 6.45) is 1.74. The van der Waals surface area contributed by atoms with Gasteiger partial charge in [0.25, 0.3) is 0 Å². The van der Waals surface area contributed by atoms with E-state index in [0.29, 0.717) is 0 Å². The monoisotopic (exact) mass is 235 g/mol. The first-order valence-corrected chi connectivity index (χ1v) is 5.82. The summed E-state index contributed by atoms with van der Waals surface area (Å²) in [4.78, 5) is 4.40. The molecule has 94 valence electrons. The van der Waals surface area contributed by atoms with E-state index < -0.39 is 0 Å². The van der Waals surface area contributed by atoms with Crippen LogP contribution < -0.4 is 16.0 Å². The van der Waals surface area contributed by atoms with E-state index in [2.05, 4.69) is 22.6 Å². The fourth-order valence-electron chi connectivity index (χ4n) is 1.54. The Hall–Kier alpha value is -1.55. The quantitative estimate of drug-likeness (QED) is 0.355. The smallest absolute Gasteiger partial charge is 0.118 e. The summed E-state index contributed by atoms with van der Waals surface area (Å²) < 4.78 is 5.11. The van der Waals surface area contributed by atoms with E-state index in [1.807, 2.05) is 26.0 Å². The fraction of sp³-hybridized carbons (Fsp3) is 0.462. The lowest BCUT2D eigenvalue weighted by Gasteiger charge is -2.08. The first-order chi connectivity index (χ1) is 8.15. The highest BCUT2D eigenvalue weighted by atomic mass is 16.5. The minimum absolute atomic E-state index is 0.261. The number of methoxy groups -OCH3 is 1. The predicted molar refractivity (Wildman–Crippen MR) is 71.2 cm³/mol. The average Bonchev–Trinajstić information content (AvgIpc) is 2.34. The second-order valence-corrected chi connectivity index (χ2v) is 4.16. The Labute approximate surface area is 103 Å². The number of amidine groups is 1. The van der Waals surface area contributed by atoms with Gasteiger partial charge in [0.05, 0.1) is 7.11 Å². The number of hydrogen-bond donors (Lipinski definition) is 2. The summed E-state index contributed by atoms with van der Waals surface area (Å²) >= 11 is 0. The molecule has 1 aromatic rings. The van der Waals surface area contributed by atoms with Crippen LogP contribution in [0.1, 0.15) is 25.8 Å². The molecule has 0 bridgehead atoms. The topological polar surface area (TPSA) is 59.6 Å². The Morgan fingerprint density at radius 1 is 1.35 bits per heavy atom. The Kier molecular flexibility index (Phi) is 5.49. The number of hydrazine groups is 1. The first-order valence-electron chi connectivity index (χ1n) is 5.82. The summed E-state index contributed by atoms with van der Waals surface area (Å²) in [6, 6.07) is 8.30. The van der Waals surface area contributed by atoms with Gasteiger partial charge in [0.15, 0.2) is 0 Å². The van der Waals surface area contributed by atoms with E-state index in [1.54, 1.807) is 7.11 Å². The lowest BCUT2D eigenvalue weighted by molar-refractivity contribution is 0.414. The molecule has 0 radical (unpaired) electrons. The van der Waals surface area contributed by atoms with Gasteiger partial charge in [-0.15, -0.1) is 0 Å². The Morgan fingerprint density at radius 3 is 2.47 bits per heavy atom. The van der Waals surface area contributed by atoms with Crippen LogP contribution in [0.15, 0.2) is 29.3 Å². The van der Waals surface area contributed by atoms with Crippen LogP contribution in [0, 0.1) is 0 Å². The molecular weight excluding hydrogens is 214 g/mol. The maximum absolute atomic E-state index is 5.43. The lowest BCUT2D eigenvalue weighted by atomic mass is 10.1. The van der Waals surface area contributed by atoms with Gasteiger partial charge in [0, 0.05) is 12.5 Å². The van der Waals surface area contributed by atoms with Gasteiger partial charge >= 0.3 is 0 Å². The minimum atomic E-state index is 0.261. The van der Waals surface area contributed by atoms with Gasteiger partial charge in [-0.05, 0) is 38.0 Å². The molecule has 4 nitrogen and oxygen atoms in total. The highest BCUT2D eigenvalue weighted by Gasteiger charge is 2.00. The lowest BCUT2D eigenvalue weighted by Crippen LogP contribution is -2.31. The number of ether oxygens (including phenoxy) is 1. The van der Waals surface area contributed by atoms with E-state index in [-0.39, 0.29) is 6.04 Å². The van der Waals surface area contributed by atoms with Crippen LogP contribution in [0.4, 0.5) is 0 Å². The van der Waals surface area contributed by atoms with Crippen LogP contribution in [-0.2, 0) is 6.42 Å². The summed E-state index contributed by atoms with van der Waals surface area (Å²) in [6.45, 7) is 4.06. The molecule has 17 heavy (non-hydrogen) atoms. The highest BCUT2D eigenvalue weighted by Crippen LogP contribution is 2.12. The van der Waals surface area contributed by atoms with Crippen LogP contribution in [0.2, 0.25) is 0 Å². The number of nitrogens with one attached hydrogen (secondary N) is 1. The molecule has 0 saturated heterocycles. The van der Waals surface area contributed by atoms with Crippen molar-refractivity contribution in [3.05, 3.63) is 29.8 Å². The van der Waals surface area contributed by atoms with Crippen LogP contribution in [0.5, 0.6) is 5.75 Å². The molecular formula is C13H21N3O. The second-order valence-electron chi connectivity index (χ2n) is 4.16. The molecule has 0 saturated carbocycles. The van der Waals surface area contributed by atoms with E-state index in [4.69, 9.17) is 10.6 Å². The van der Waals surface area contributed by atoms with Crippen molar-refractivity contribution in [2.45, 2.75) is 32.7 Å². The van der Waals surface area contributed by atoms with Crippen LogP contribution in [-0.4, -0.2) is 19.0 Å². The van der Waals surface area contributed by atoms with E-state index >= 15 is 0 Å². The molecule has 0 aliphatic carbocycles. The van der Waals surface area contributed by atoms with Gasteiger partial charge < -0.3 is 10.2 Å². The molecule has 0 amide bonds. The number of nitrogens with zero attached hydrogens (tertiary/aromatic N) is 1. The number of aryl methyl sites for hydroxylation is 1. The SMILES string of the molecule is COc1ccc(CCC(=NC(C)C)NN)cc1. The number of rotatable bonds is 5. The molecule has 0 fully saturated rings. The minimum Gasteiger partial charge on any atom is -0.497 e. The van der Waals surface area contributed by atoms with E-state index in [0.717, 1.165) is 24.4 Å². The van der Waals surface area contributed by atoms with Gasteiger partial charge in [0.2, 0.25) is 0 Å². The maximum atomic E-state index is 5.43. The second kappa shape index (κ2) is 6.91. The summed E-state index contributed by atoms with van der Waals surface area (Å²) in [7, 11) is 1.67. The number of benzene rings is 1. The summed E-state index contributed by atoms with van der Waals surface area (Å²) in [5.41, 5.74) is 3.90. The van der Waals surface area contributed by atoms with E-state index in [1.165, 1.54) is 5.56 Å². The fourth-order valence-corrected chi connectivity index (χ4v) is 1.54. The van der Waals surface area contributed by atoms with Crippen molar-refractivity contribution in [1.82, 2.24) is 5.43 Å². The van der Waals surface area contributed by atoms with Gasteiger partial charge in [-0.2, -0.15) is 0 Å². The standard InChI is InChI=1S/C13H21N3O/c1-10(2)15-13(16-14)9-6-11-4-7-12(17-3)8-5-11/h4-5,7-8,10H,6,9,14H2,1-3H3,(H,15,16). The summed E-state index contributed by atoms with van der Waals surface area (Å²) in [5.74, 6) is 7.15. The average molecular weight is 235 g/mol. The zero-order chi connectivity index (χ0) is 12.7. The number of nitrogens with two attached hydrogens (primary N) is 1. The zero-order valence-electron chi connectivity index (χ0n) is 10.7. The third kappa shape index (κ3) is 4.87. The highest BCUT2D eigenvalue weighted by molar-refractivity contribution is 5.81. The molecule has 1 rings (SSSR count). The first kappa shape index (κ1) is 13.5. The van der Waals surface area contributed by atoms with Crippen molar-refractivity contribution in [3.63, 3.8) is 0 Å². The number of hydrogen-bond acceptors (Lipinski definition) is 3. The van der Waals surface area contributed by atoms with Gasteiger partial charge in [-0.25, -0.2) is 5.84 Å². The van der Waals surface area contributed by atoms with Crippen molar-refractivity contribution < 1.29 is 4.74 Å². The van der Waals surface area contributed by atoms with Crippen molar-refractivity contribution in [1.29, 1.82) is 0 Å². The predicted octanol–water partition coefficient (Wildman–Crippen LogP) is 1.90. The molecule has 0 atom stereocenters. The molecule has 3 N–H and O–H groups in total. The van der Waals surface area contributed by atoms with Crippen LogP contribution in [0.25, 0.3) is 0 Å². The third-order valence-corrected chi connectivity index (χ3v) is 2.39. The maximum Gasteiger partial charge on any atom is 0.118 e. The molecule has 0 unspecified atom stereocenters. The molecule has 0 aliphatic rings. The van der Waals surface area contributed by atoms with Crippen molar-refractivity contribution >= 4 is 5.84 Å². The van der Waals surface area contributed by atoms with Gasteiger partial charge in [-0.1, -0.05) is 12.1 Å². The molecule has 0 aromatic heterocycles. The largest absolute Gasteiger partial charge is 0.497 e. The van der Waals surface area contributed by atoms with Crippen molar-refractivity contribution in [3.8, 4) is 5.75 Å². The van der Waals surface area contributed by atoms with Crippen LogP contribution >= 0.6 is 0 Å². The van der Waals surface area contributed by atoms with Gasteiger partial charge in [-0.3, -0.25) is 4.99 Å².